The predicted molar refractivity (Wildman–Crippen MR) is 88.8 cm³/mol. The molecule has 2 heterocycles. The molecule has 1 N–H and O–H groups in total. The van der Waals surface area contributed by atoms with Crippen molar-refractivity contribution in [2.24, 2.45) is 0 Å². The van der Waals surface area contributed by atoms with Crippen molar-refractivity contribution >= 4 is 32.3 Å². The fourth-order valence-electron chi connectivity index (χ4n) is 2.05. The second-order valence-electron chi connectivity index (χ2n) is 4.88. The highest BCUT2D eigenvalue weighted by Gasteiger charge is 2.18. The molecule has 0 saturated carbocycles. The van der Waals surface area contributed by atoms with E-state index in [2.05, 4.69) is 14.8 Å². The van der Waals surface area contributed by atoms with Crippen LogP contribution in [0.4, 0.5) is 5.95 Å². The average molecular weight is 352 g/mol. The van der Waals surface area contributed by atoms with Gasteiger partial charge < -0.3 is 4.74 Å². The molecule has 0 saturated heterocycles. The second-order valence-corrected chi connectivity index (χ2v) is 7.75. The maximum Gasteiger partial charge on any atom is 0.264 e. The Morgan fingerprint density at radius 2 is 1.96 bits per heavy atom. The quantitative estimate of drug-likeness (QED) is 0.763. The molecule has 0 aliphatic carbocycles. The minimum Gasteiger partial charge on any atom is -0.494 e. The van der Waals surface area contributed by atoms with Gasteiger partial charge in [-0.3, -0.25) is 0 Å². The summed E-state index contributed by atoms with van der Waals surface area (Å²) in [6, 6.07) is 6.21. The molecule has 2 aromatic heterocycles. The number of ether oxygens (including phenoxy) is 1. The topological polar surface area (TPSA) is 85.6 Å². The molecule has 122 valence electrons. The van der Waals surface area contributed by atoms with Gasteiger partial charge in [0.25, 0.3) is 16.0 Å². The molecule has 9 heteroatoms. The first-order valence-electron chi connectivity index (χ1n) is 6.99. The molecule has 0 unspecified atom stereocenters. The third-order valence-electron chi connectivity index (χ3n) is 3.32. The van der Waals surface area contributed by atoms with Gasteiger partial charge in [-0.25, -0.2) is 17.7 Å². The van der Waals surface area contributed by atoms with Crippen LogP contribution in [0.15, 0.2) is 29.2 Å². The Morgan fingerprint density at radius 3 is 2.57 bits per heavy atom. The summed E-state index contributed by atoms with van der Waals surface area (Å²) in [6.45, 7) is 6.28. The lowest BCUT2D eigenvalue weighted by Gasteiger charge is -2.06. The van der Waals surface area contributed by atoms with Crippen LogP contribution in [0.1, 0.15) is 17.5 Å². The maximum absolute atomic E-state index is 12.4. The van der Waals surface area contributed by atoms with Crippen LogP contribution in [0.25, 0.3) is 4.96 Å². The number of aryl methyl sites for hydroxylation is 2. The minimum absolute atomic E-state index is 0.0632. The van der Waals surface area contributed by atoms with E-state index in [-0.39, 0.29) is 10.8 Å². The van der Waals surface area contributed by atoms with Crippen LogP contribution < -0.4 is 9.46 Å². The molecule has 0 atom stereocenters. The summed E-state index contributed by atoms with van der Waals surface area (Å²) in [7, 11) is -3.73. The largest absolute Gasteiger partial charge is 0.494 e. The van der Waals surface area contributed by atoms with Crippen molar-refractivity contribution in [2.45, 2.75) is 25.7 Å². The summed E-state index contributed by atoms with van der Waals surface area (Å²) in [4.78, 5) is 6.09. The number of thiazole rings is 1. The monoisotopic (exact) mass is 352 g/mol. The molecule has 0 radical (unpaired) electrons. The normalized spacial score (nSPS) is 11.8. The van der Waals surface area contributed by atoms with E-state index >= 15 is 0 Å². The molecule has 0 aliphatic rings. The summed E-state index contributed by atoms with van der Waals surface area (Å²) >= 11 is 1.47. The van der Waals surface area contributed by atoms with Crippen molar-refractivity contribution < 1.29 is 13.2 Å². The lowest BCUT2D eigenvalue weighted by molar-refractivity contribution is 0.340. The Kier molecular flexibility index (Phi) is 3.99. The number of rotatable bonds is 5. The Bertz CT molecular complexity index is 942. The highest BCUT2D eigenvalue weighted by Crippen LogP contribution is 2.23. The van der Waals surface area contributed by atoms with Gasteiger partial charge in [-0.05, 0) is 45.0 Å². The van der Waals surface area contributed by atoms with Gasteiger partial charge in [0.05, 0.1) is 17.2 Å². The standard InChI is InChI=1S/C14H16N4O3S2/c1-4-21-11-5-7-12(8-6-11)23(19,20)17-13-15-14-18(16-13)9(2)10(3)22-14/h5-8H,4H2,1-3H3,(H,16,17). The van der Waals surface area contributed by atoms with E-state index in [1.807, 2.05) is 20.8 Å². The van der Waals surface area contributed by atoms with E-state index < -0.39 is 10.0 Å². The third-order valence-corrected chi connectivity index (χ3v) is 5.71. The lowest BCUT2D eigenvalue weighted by atomic mass is 10.3. The van der Waals surface area contributed by atoms with Crippen LogP contribution in [0.5, 0.6) is 5.75 Å². The molecule has 0 spiro atoms. The first kappa shape index (κ1) is 15.8. The van der Waals surface area contributed by atoms with E-state index in [0.717, 1.165) is 10.6 Å². The highest BCUT2D eigenvalue weighted by molar-refractivity contribution is 7.92. The van der Waals surface area contributed by atoms with E-state index in [0.29, 0.717) is 17.3 Å². The highest BCUT2D eigenvalue weighted by atomic mass is 32.2. The molecule has 7 nitrogen and oxygen atoms in total. The molecule has 23 heavy (non-hydrogen) atoms. The molecule has 0 bridgehead atoms. The van der Waals surface area contributed by atoms with Gasteiger partial charge in [0.2, 0.25) is 4.96 Å². The van der Waals surface area contributed by atoms with Crippen LogP contribution in [-0.2, 0) is 10.0 Å². The van der Waals surface area contributed by atoms with E-state index in [1.54, 1.807) is 16.6 Å². The summed E-state index contributed by atoms with van der Waals surface area (Å²) in [5, 5.41) is 4.19. The van der Waals surface area contributed by atoms with Gasteiger partial charge in [-0.2, -0.15) is 4.98 Å². The fourth-order valence-corrected chi connectivity index (χ4v) is 3.89. The van der Waals surface area contributed by atoms with E-state index in [1.165, 1.54) is 23.5 Å². The Hall–Kier alpha value is -2.13. The lowest BCUT2D eigenvalue weighted by Crippen LogP contribution is -2.14. The SMILES string of the molecule is CCOc1ccc(S(=O)(=O)Nc2nc3sc(C)c(C)n3n2)cc1. The predicted octanol–water partition coefficient (Wildman–Crippen LogP) is 2.61. The number of nitrogens with zero attached hydrogens (tertiary/aromatic N) is 3. The van der Waals surface area contributed by atoms with Crippen LogP contribution >= 0.6 is 11.3 Å². The Labute approximate surface area is 138 Å². The number of anilines is 1. The van der Waals surface area contributed by atoms with Crippen molar-refractivity contribution in [2.75, 3.05) is 11.3 Å². The van der Waals surface area contributed by atoms with Gasteiger partial charge in [0, 0.05) is 4.88 Å². The number of hydrogen-bond donors (Lipinski definition) is 1. The smallest absolute Gasteiger partial charge is 0.264 e. The molecule has 3 rings (SSSR count). The number of hydrogen-bond acceptors (Lipinski definition) is 6. The van der Waals surface area contributed by atoms with Gasteiger partial charge in [-0.1, -0.05) is 11.3 Å². The number of fused-ring (bicyclic) bond motifs is 1. The van der Waals surface area contributed by atoms with Crippen molar-refractivity contribution in [1.29, 1.82) is 0 Å². The number of benzene rings is 1. The summed E-state index contributed by atoms with van der Waals surface area (Å²) in [5.74, 6) is 0.686. The van der Waals surface area contributed by atoms with Gasteiger partial charge in [0.15, 0.2) is 0 Å². The molecule has 0 amide bonds. The zero-order chi connectivity index (χ0) is 16.6. The first-order chi connectivity index (χ1) is 10.9. The molecular formula is C14H16N4O3S2. The number of aromatic nitrogens is 3. The van der Waals surface area contributed by atoms with Gasteiger partial charge >= 0.3 is 0 Å². The van der Waals surface area contributed by atoms with Crippen molar-refractivity contribution in [3.63, 3.8) is 0 Å². The zero-order valence-electron chi connectivity index (χ0n) is 12.9. The Morgan fingerprint density at radius 1 is 1.26 bits per heavy atom. The molecular weight excluding hydrogens is 336 g/mol. The van der Waals surface area contributed by atoms with E-state index in [9.17, 15) is 8.42 Å². The van der Waals surface area contributed by atoms with Gasteiger partial charge in [-0.15, -0.1) is 5.10 Å². The molecule has 3 aromatic rings. The van der Waals surface area contributed by atoms with Crippen molar-refractivity contribution in [3.8, 4) is 5.75 Å². The fraction of sp³-hybridized carbons (Fsp3) is 0.286. The minimum atomic E-state index is -3.73. The summed E-state index contributed by atoms with van der Waals surface area (Å²) in [6.07, 6.45) is 0. The van der Waals surface area contributed by atoms with Crippen LogP contribution in [0.2, 0.25) is 0 Å². The maximum atomic E-state index is 12.4. The molecule has 1 aromatic carbocycles. The number of sulfonamides is 1. The summed E-state index contributed by atoms with van der Waals surface area (Å²) < 4.78 is 34.1. The van der Waals surface area contributed by atoms with Crippen molar-refractivity contribution in [1.82, 2.24) is 14.6 Å². The third kappa shape index (κ3) is 3.02. The average Bonchev–Trinajstić information content (AvgIpc) is 2.99. The number of nitrogens with one attached hydrogen (secondary N) is 1. The van der Waals surface area contributed by atoms with Gasteiger partial charge in [0.1, 0.15) is 5.75 Å². The second kappa shape index (κ2) is 5.82. The van der Waals surface area contributed by atoms with Crippen molar-refractivity contribution in [3.05, 3.63) is 34.8 Å². The Balaban J connectivity index is 1.86. The molecule has 0 aliphatic heterocycles. The summed E-state index contributed by atoms with van der Waals surface area (Å²) in [5.41, 5.74) is 0.948. The van der Waals surface area contributed by atoms with Crippen LogP contribution in [0.3, 0.4) is 0 Å². The first-order valence-corrected chi connectivity index (χ1v) is 9.29. The van der Waals surface area contributed by atoms with E-state index in [4.69, 9.17) is 4.74 Å². The zero-order valence-corrected chi connectivity index (χ0v) is 14.5. The molecule has 0 fully saturated rings. The van der Waals surface area contributed by atoms with Crippen LogP contribution in [0, 0.1) is 13.8 Å². The van der Waals surface area contributed by atoms with Crippen LogP contribution in [-0.4, -0.2) is 29.6 Å².